The van der Waals surface area contributed by atoms with Crippen LogP contribution in [0, 0.1) is 0 Å². The maximum absolute atomic E-state index is 13.2. The number of cyclic esters (lactones) is 1. The van der Waals surface area contributed by atoms with Crippen molar-refractivity contribution >= 4 is 23.7 Å². The van der Waals surface area contributed by atoms with Gasteiger partial charge in [0.05, 0.1) is 17.2 Å². The molecule has 8 nitrogen and oxygen atoms in total. The lowest BCUT2D eigenvalue weighted by Crippen LogP contribution is -2.76. The quantitative estimate of drug-likeness (QED) is 0.325. The molecule has 0 saturated carbocycles. The summed E-state index contributed by atoms with van der Waals surface area (Å²) in [6.45, 7) is 0.427. The molecule has 3 atom stereocenters. The molecule has 0 bridgehead atoms. The summed E-state index contributed by atoms with van der Waals surface area (Å²) < 4.78 is 11.2. The number of morpholine rings is 1. The molecule has 2 fully saturated rings. The molecule has 3 aliphatic heterocycles. The third-order valence-corrected chi connectivity index (χ3v) is 6.68. The normalized spacial score (nSPS) is 22.9. The highest BCUT2D eigenvalue weighted by Gasteiger charge is 2.63. The van der Waals surface area contributed by atoms with E-state index in [1.165, 1.54) is 4.90 Å². The fraction of sp³-hybridized carbons (Fsp3) is 0.185. The van der Waals surface area contributed by atoms with Crippen molar-refractivity contribution in [2.24, 2.45) is 0 Å². The van der Waals surface area contributed by atoms with Crippen LogP contribution in [-0.2, 0) is 20.9 Å². The molecule has 3 aromatic rings. The highest BCUT2D eigenvalue weighted by Crippen LogP contribution is 2.41. The van der Waals surface area contributed by atoms with Crippen LogP contribution in [0.1, 0.15) is 37.9 Å². The maximum Gasteiger partial charge on any atom is 0.331 e. The molecule has 0 aliphatic carbocycles. The predicted octanol–water partition coefficient (Wildman–Crippen LogP) is 2.74. The van der Waals surface area contributed by atoms with Gasteiger partial charge in [-0.1, -0.05) is 54.6 Å². The number of hydrogen-bond donors (Lipinski definition) is 0. The summed E-state index contributed by atoms with van der Waals surface area (Å²) in [5, 5.41) is 0. The lowest BCUT2D eigenvalue weighted by Gasteiger charge is -2.53. The zero-order chi connectivity index (χ0) is 24.1. The first-order valence-corrected chi connectivity index (χ1v) is 11.3. The topological polar surface area (TPSA) is 93.2 Å². The number of ether oxygens (including phenoxy) is 2. The van der Waals surface area contributed by atoms with E-state index >= 15 is 0 Å². The second-order valence-electron chi connectivity index (χ2n) is 8.65. The SMILES string of the molecule is O=C1OC[C@@H](c2ccc(OCc3ccccc3)cc2)N2C(=O)[C@H](N3C(=O)c4ccccc4C3=O)[C@H]12. The van der Waals surface area contributed by atoms with Gasteiger partial charge in [-0.15, -0.1) is 0 Å². The molecule has 174 valence electrons. The van der Waals surface area contributed by atoms with E-state index in [4.69, 9.17) is 9.47 Å². The van der Waals surface area contributed by atoms with Crippen molar-refractivity contribution in [1.29, 1.82) is 0 Å². The molecule has 0 radical (unpaired) electrons. The summed E-state index contributed by atoms with van der Waals surface area (Å²) in [6.07, 6.45) is 0. The summed E-state index contributed by atoms with van der Waals surface area (Å²) in [7, 11) is 0. The Morgan fingerprint density at radius 3 is 2.06 bits per heavy atom. The molecule has 0 unspecified atom stereocenters. The van der Waals surface area contributed by atoms with Crippen LogP contribution in [0.4, 0.5) is 0 Å². The van der Waals surface area contributed by atoms with Gasteiger partial charge < -0.3 is 14.4 Å². The van der Waals surface area contributed by atoms with Crippen LogP contribution in [0.25, 0.3) is 0 Å². The van der Waals surface area contributed by atoms with Gasteiger partial charge in [0, 0.05) is 0 Å². The van der Waals surface area contributed by atoms with Gasteiger partial charge >= 0.3 is 5.97 Å². The van der Waals surface area contributed by atoms with Gasteiger partial charge in [-0.3, -0.25) is 19.3 Å². The maximum atomic E-state index is 13.2. The highest BCUT2D eigenvalue weighted by atomic mass is 16.5. The number of amides is 3. The van der Waals surface area contributed by atoms with E-state index in [-0.39, 0.29) is 17.7 Å². The summed E-state index contributed by atoms with van der Waals surface area (Å²) >= 11 is 0. The number of imide groups is 1. The van der Waals surface area contributed by atoms with Crippen molar-refractivity contribution in [3.63, 3.8) is 0 Å². The van der Waals surface area contributed by atoms with E-state index < -0.39 is 41.8 Å². The number of nitrogens with zero attached hydrogens (tertiary/aromatic N) is 2. The van der Waals surface area contributed by atoms with Crippen molar-refractivity contribution < 1.29 is 28.7 Å². The molecular formula is C27H20N2O6. The van der Waals surface area contributed by atoms with E-state index in [2.05, 4.69) is 0 Å². The largest absolute Gasteiger partial charge is 0.489 e. The minimum atomic E-state index is -1.20. The van der Waals surface area contributed by atoms with Gasteiger partial charge in [-0.05, 0) is 35.4 Å². The number of esters is 1. The van der Waals surface area contributed by atoms with Crippen molar-refractivity contribution in [2.45, 2.75) is 24.7 Å². The zero-order valence-corrected chi connectivity index (χ0v) is 18.5. The Bertz CT molecular complexity index is 1320. The second-order valence-corrected chi connectivity index (χ2v) is 8.65. The number of fused-ring (bicyclic) bond motifs is 2. The lowest BCUT2D eigenvalue weighted by atomic mass is 9.87. The van der Waals surface area contributed by atoms with Crippen LogP contribution in [0.5, 0.6) is 5.75 Å². The first kappa shape index (κ1) is 21.1. The standard InChI is InChI=1S/C27H20N2O6/c30-24-19-8-4-5-9-20(19)25(31)29(24)22-23-27(33)35-15-21(28(23)26(22)32)17-10-12-18(13-11-17)34-14-16-6-2-1-3-7-16/h1-13,21-23H,14-15H2/t21-,22+,23+/m0/s1. The van der Waals surface area contributed by atoms with Crippen LogP contribution >= 0.6 is 0 Å². The zero-order valence-electron chi connectivity index (χ0n) is 18.5. The van der Waals surface area contributed by atoms with Gasteiger partial charge in [-0.2, -0.15) is 0 Å². The van der Waals surface area contributed by atoms with Crippen molar-refractivity contribution in [3.05, 3.63) is 101 Å². The Morgan fingerprint density at radius 2 is 1.40 bits per heavy atom. The van der Waals surface area contributed by atoms with Gasteiger partial charge in [0.1, 0.15) is 19.0 Å². The molecule has 3 aromatic carbocycles. The summed E-state index contributed by atoms with van der Waals surface area (Å²) in [5.41, 5.74) is 2.28. The van der Waals surface area contributed by atoms with Crippen LogP contribution in [0.2, 0.25) is 0 Å². The van der Waals surface area contributed by atoms with E-state index in [0.29, 0.717) is 12.4 Å². The Morgan fingerprint density at radius 1 is 0.771 bits per heavy atom. The van der Waals surface area contributed by atoms with E-state index in [0.717, 1.165) is 16.0 Å². The molecular weight excluding hydrogens is 448 g/mol. The number of hydrogen-bond acceptors (Lipinski definition) is 6. The van der Waals surface area contributed by atoms with E-state index in [1.54, 1.807) is 36.4 Å². The van der Waals surface area contributed by atoms with Gasteiger partial charge in [-0.25, -0.2) is 4.79 Å². The number of carbonyl (C=O) groups is 4. The Labute approximate surface area is 200 Å². The minimum absolute atomic E-state index is 0.000130. The first-order chi connectivity index (χ1) is 17.0. The van der Waals surface area contributed by atoms with Crippen LogP contribution in [-0.4, -0.2) is 52.2 Å². The van der Waals surface area contributed by atoms with Crippen LogP contribution < -0.4 is 4.74 Å². The minimum Gasteiger partial charge on any atom is -0.489 e. The van der Waals surface area contributed by atoms with Crippen molar-refractivity contribution in [2.75, 3.05) is 6.61 Å². The third-order valence-electron chi connectivity index (χ3n) is 6.68. The molecule has 3 aliphatic rings. The van der Waals surface area contributed by atoms with Gasteiger partial charge in [0.2, 0.25) is 5.91 Å². The molecule has 0 aromatic heterocycles. The average molecular weight is 468 g/mol. The third kappa shape index (κ3) is 3.29. The summed E-state index contributed by atoms with van der Waals surface area (Å²) in [5.74, 6) is -1.54. The Balaban J connectivity index is 1.20. The average Bonchev–Trinajstić information content (AvgIpc) is 3.14. The number of β-lactam (4-membered cyclic amide) rings is 1. The smallest absolute Gasteiger partial charge is 0.331 e. The van der Waals surface area contributed by atoms with Crippen LogP contribution in [0.15, 0.2) is 78.9 Å². The molecule has 0 N–H and O–H groups in total. The molecule has 3 heterocycles. The number of benzene rings is 3. The molecule has 2 saturated heterocycles. The van der Waals surface area contributed by atoms with E-state index in [1.807, 2.05) is 42.5 Å². The summed E-state index contributed by atoms with van der Waals surface area (Å²) in [6, 6.07) is 20.7. The number of rotatable bonds is 5. The Kier molecular flexibility index (Phi) is 4.88. The Hall–Kier alpha value is -4.46. The molecule has 35 heavy (non-hydrogen) atoms. The lowest BCUT2D eigenvalue weighted by molar-refractivity contribution is -0.191. The summed E-state index contributed by atoms with van der Waals surface area (Å²) in [4.78, 5) is 53.9. The molecule has 6 rings (SSSR count). The van der Waals surface area contributed by atoms with Gasteiger partial charge in [0.15, 0.2) is 12.1 Å². The van der Waals surface area contributed by atoms with Gasteiger partial charge in [0.25, 0.3) is 11.8 Å². The van der Waals surface area contributed by atoms with Crippen molar-refractivity contribution in [1.82, 2.24) is 9.80 Å². The monoisotopic (exact) mass is 468 g/mol. The predicted molar refractivity (Wildman–Crippen MR) is 122 cm³/mol. The molecule has 0 spiro atoms. The highest BCUT2D eigenvalue weighted by molar-refractivity contribution is 6.24. The van der Waals surface area contributed by atoms with Crippen LogP contribution in [0.3, 0.4) is 0 Å². The van der Waals surface area contributed by atoms with E-state index in [9.17, 15) is 19.2 Å². The van der Waals surface area contributed by atoms with Crippen molar-refractivity contribution in [3.8, 4) is 5.75 Å². The first-order valence-electron chi connectivity index (χ1n) is 11.3. The second kappa shape index (κ2) is 8.09. The molecule has 8 heteroatoms. The fourth-order valence-electron chi connectivity index (χ4n) is 4.91. The number of carbonyl (C=O) groups excluding carboxylic acids is 4. The molecule has 3 amide bonds. The fourth-order valence-corrected chi connectivity index (χ4v) is 4.91.